The average Bonchev–Trinajstić information content (AvgIpc) is 2.34. The molecule has 0 aromatic heterocycles. The van der Waals surface area contributed by atoms with Crippen molar-refractivity contribution in [3.8, 4) is 0 Å². The fourth-order valence-electron chi connectivity index (χ4n) is 1.54. The van der Waals surface area contributed by atoms with Crippen LogP contribution in [-0.4, -0.2) is 24.9 Å². The first kappa shape index (κ1) is 14.2. The molecule has 0 unspecified atom stereocenters. The molecule has 1 aromatic carbocycles. The Labute approximate surface area is 108 Å². The van der Waals surface area contributed by atoms with Gasteiger partial charge in [0.2, 0.25) is 11.8 Å². The molecule has 0 heterocycles. The largest absolute Gasteiger partial charge is 0.355 e. The predicted molar refractivity (Wildman–Crippen MR) is 71.2 cm³/mol. The van der Waals surface area contributed by atoms with Crippen LogP contribution in [0.25, 0.3) is 0 Å². The minimum Gasteiger partial charge on any atom is -0.355 e. The van der Waals surface area contributed by atoms with Crippen LogP contribution in [0.5, 0.6) is 0 Å². The Morgan fingerprint density at radius 1 is 1.06 bits per heavy atom. The molecule has 2 N–H and O–H groups in total. The third-order valence-corrected chi connectivity index (χ3v) is 2.58. The molecule has 2 amide bonds. The minimum absolute atomic E-state index is 0.0147. The van der Waals surface area contributed by atoms with Gasteiger partial charge < -0.3 is 10.6 Å². The Kier molecular flexibility index (Phi) is 5.91. The molecule has 4 nitrogen and oxygen atoms in total. The summed E-state index contributed by atoms with van der Waals surface area (Å²) in [6.45, 7) is 4.45. The molecule has 4 heteroatoms. The Morgan fingerprint density at radius 2 is 1.67 bits per heavy atom. The number of hydrogen-bond acceptors (Lipinski definition) is 2. The van der Waals surface area contributed by atoms with Crippen LogP contribution in [0, 0.1) is 6.92 Å². The summed E-state index contributed by atoms with van der Waals surface area (Å²) < 4.78 is 0. The topological polar surface area (TPSA) is 58.2 Å². The molecule has 98 valence electrons. The molecule has 0 saturated heterocycles. The fraction of sp³-hybridized carbons (Fsp3) is 0.429. The van der Waals surface area contributed by atoms with Crippen molar-refractivity contribution in [2.24, 2.45) is 0 Å². The molecule has 0 radical (unpaired) electrons. The molecule has 0 aliphatic carbocycles. The van der Waals surface area contributed by atoms with Crippen LogP contribution in [0.2, 0.25) is 0 Å². The summed E-state index contributed by atoms with van der Waals surface area (Å²) in [5.74, 6) is -0.0650. The predicted octanol–water partition coefficient (Wildman–Crippen LogP) is 1.18. The van der Waals surface area contributed by atoms with Gasteiger partial charge in [0, 0.05) is 26.4 Å². The SMILES string of the molecule is CC(=O)NCCNC(=O)CCc1ccc(C)cc1. The molecule has 18 heavy (non-hydrogen) atoms. The molecule has 0 aliphatic rings. The number of aryl methyl sites for hydroxylation is 2. The number of carbonyl (C=O) groups excluding carboxylic acids is 2. The number of benzene rings is 1. The molecule has 0 aliphatic heterocycles. The third kappa shape index (κ3) is 6.03. The first-order chi connectivity index (χ1) is 8.58. The maximum atomic E-state index is 11.5. The van der Waals surface area contributed by atoms with Gasteiger partial charge in [0.1, 0.15) is 0 Å². The molecule has 0 bridgehead atoms. The van der Waals surface area contributed by atoms with Gasteiger partial charge >= 0.3 is 0 Å². The summed E-state index contributed by atoms with van der Waals surface area (Å²) in [5.41, 5.74) is 2.39. The van der Waals surface area contributed by atoms with Crippen molar-refractivity contribution < 1.29 is 9.59 Å². The van der Waals surface area contributed by atoms with Gasteiger partial charge in [0.15, 0.2) is 0 Å². The van der Waals surface area contributed by atoms with Crippen LogP contribution in [0.3, 0.4) is 0 Å². The summed E-state index contributed by atoms with van der Waals surface area (Å²) >= 11 is 0. The highest BCUT2D eigenvalue weighted by molar-refractivity contribution is 5.76. The van der Waals surface area contributed by atoms with E-state index in [1.165, 1.54) is 12.5 Å². The molecular formula is C14H20N2O2. The van der Waals surface area contributed by atoms with Crippen LogP contribution in [-0.2, 0) is 16.0 Å². The zero-order valence-electron chi connectivity index (χ0n) is 11.0. The van der Waals surface area contributed by atoms with Crippen molar-refractivity contribution in [2.75, 3.05) is 13.1 Å². The standard InChI is InChI=1S/C14H20N2O2/c1-11-3-5-13(6-4-11)7-8-14(18)16-10-9-15-12(2)17/h3-6H,7-10H2,1-2H3,(H,15,17)(H,16,18). The number of amides is 2. The highest BCUT2D eigenvalue weighted by Gasteiger charge is 2.01. The van der Waals surface area contributed by atoms with Gasteiger partial charge in [-0.2, -0.15) is 0 Å². The molecule has 1 aromatic rings. The van der Waals surface area contributed by atoms with E-state index in [2.05, 4.69) is 10.6 Å². The van der Waals surface area contributed by atoms with E-state index < -0.39 is 0 Å². The lowest BCUT2D eigenvalue weighted by Gasteiger charge is -2.06. The van der Waals surface area contributed by atoms with Gasteiger partial charge in [-0.05, 0) is 18.9 Å². The highest BCUT2D eigenvalue weighted by atomic mass is 16.2. The Balaban J connectivity index is 2.17. The number of rotatable bonds is 6. The molecule has 0 saturated carbocycles. The van der Waals surface area contributed by atoms with Crippen LogP contribution in [0.4, 0.5) is 0 Å². The second-order valence-corrected chi connectivity index (χ2v) is 4.32. The Bertz CT molecular complexity index is 399. The van der Waals surface area contributed by atoms with Gasteiger partial charge in [0.05, 0.1) is 0 Å². The lowest BCUT2D eigenvalue weighted by atomic mass is 10.1. The van der Waals surface area contributed by atoms with Crippen LogP contribution < -0.4 is 10.6 Å². The van der Waals surface area contributed by atoms with Gasteiger partial charge in [-0.15, -0.1) is 0 Å². The van der Waals surface area contributed by atoms with E-state index in [0.717, 1.165) is 12.0 Å². The maximum Gasteiger partial charge on any atom is 0.220 e. The summed E-state index contributed by atoms with van der Waals surface area (Å²) in [6.07, 6.45) is 1.22. The number of carbonyl (C=O) groups is 2. The van der Waals surface area contributed by atoms with E-state index in [-0.39, 0.29) is 11.8 Å². The van der Waals surface area contributed by atoms with Crippen LogP contribution >= 0.6 is 0 Å². The van der Waals surface area contributed by atoms with E-state index in [4.69, 9.17) is 0 Å². The second-order valence-electron chi connectivity index (χ2n) is 4.32. The smallest absolute Gasteiger partial charge is 0.220 e. The third-order valence-electron chi connectivity index (χ3n) is 2.58. The van der Waals surface area contributed by atoms with E-state index in [1.54, 1.807) is 0 Å². The van der Waals surface area contributed by atoms with Crippen molar-refractivity contribution in [2.45, 2.75) is 26.7 Å². The van der Waals surface area contributed by atoms with Gasteiger partial charge in [0.25, 0.3) is 0 Å². The van der Waals surface area contributed by atoms with E-state index in [1.807, 2.05) is 31.2 Å². The molecule has 0 spiro atoms. The quantitative estimate of drug-likeness (QED) is 0.743. The van der Waals surface area contributed by atoms with Gasteiger partial charge in [-0.1, -0.05) is 29.8 Å². The average molecular weight is 248 g/mol. The first-order valence-electron chi connectivity index (χ1n) is 6.14. The number of hydrogen-bond donors (Lipinski definition) is 2. The Morgan fingerprint density at radius 3 is 2.28 bits per heavy atom. The fourth-order valence-corrected chi connectivity index (χ4v) is 1.54. The van der Waals surface area contributed by atoms with Crippen molar-refractivity contribution in [1.82, 2.24) is 10.6 Å². The zero-order valence-corrected chi connectivity index (χ0v) is 11.0. The van der Waals surface area contributed by atoms with E-state index in [9.17, 15) is 9.59 Å². The minimum atomic E-state index is -0.0797. The van der Waals surface area contributed by atoms with E-state index in [0.29, 0.717) is 19.5 Å². The normalized spacial score (nSPS) is 9.89. The highest BCUT2D eigenvalue weighted by Crippen LogP contribution is 2.05. The van der Waals surface area contributed by atoms with Gasteiger partial charge in [-0.3, -0.25) is 9.59 Å². The van der Waals surface area contributed by atoms with Crippen molar-refractivity contribution in [3.05, 3.63) is 35.4 Å². The molecule has 0 atom stereocenters. The Hall–Kier alpha value is -1.84. The second kappa shape index (κ2) is 7.48. The summed E-state index contributed by atoms with van der Waals surface area (Å²) in [6, 6.07) is 8.17. The van der Waals surface area contributed by atoms with Crippen molar-refractivity contribution in [1.29, 1.82) is 0 Å². The summed E-state index contributed by atoms with van der Waals surface area (Å²) in [4.78, 5) is 22.1. The van der Waals surface area contributed by atoms with Crippen molar-refractivity contribution in [3.63, 3.8) is 0 Å². The van der Waals surface area contributed by atoms with E-state index >= 15 is 0 Å². The zero-order chi connectivity index (χ0) is 13.4. The van der Waals surface area contributed by atoms with Gasteiger partial charge in [-0.25, -0.2) is 0 Å². The summed E-state index contributed by atoms with van der Waals surface area (Å²) in [7, 11) is 0. The van der Waals surface area contributed by atoms with Crippen LogP contribution in [0.15, 0.2) is 24.3 Å². The molecule has 0 fully saturated rings. The first-order valence-corrected chi connectivity index (χ1v) is 6.14. The molecular weight excluding hydrogens is 228 g/mol. The monoisotopic (exact) mass is 248 g/mol. The maximum absolute atomic E-state index is 11.5. The lowest BCUT2D eigenvalue weighted by Crippen LogP contribution is -2.33. The molecule has 1 rings (SSSR count). The summed E-state index contributed by atoms with van der Waals surface area (Å²) in [5, 5.41) is 5.39. The van der Waals surface area contributed by atoms with Crippen LogP contribution in [0.1, 0.15) is 24.5 Å². The number of nitrogens with one attached hydrogen (secondary N) is 2. The lowest BCUT2D eigenvalue weighted by molar-refractivity contribution is -0.122. The van der Waals surface area contributed by atoms with Crippen molar-refractivity contribution >= 4 is 11.8 Å².